The van der Waals surface area contributed by atoms with Gasteiger partial charge in [-0.2, -0.15) is 18.2 Å². The van der Waals surface area contributed by atoms with E-state index < -0.39 is 12.1 Å². The summed E-state index contributed by atoms with van der Waals surface area (Å²) in [6.45, 7) is 3.89. The SMILES string of the molecule is CCCCCCCCCCc1ccc(-c2noc(C[C@@H]3CCN(C(=N)N)C3)n2)cc1.O=C(O)C(F)(F)F. The van der Waals surface area contributed by atoms with Crippen molar-refractivity contribution >= 4 is 11.9 Å². The van der Waals surface area contributed by atoms with Crippen molar-refractivity contribution in [2.75, 3.05) is 13.1 Å². The summed E-state index contributed by atoms with van der Waals surface area (Å²) in [6, 6.07) is 8.58. The van der Waals surface area contributed by atoms with Gasteiger partial charge in [0.25, 0.3) is 0 Å². The van der Waals surface area contributed by atoms with E-state index in [0.29, 0.717) is 17.6 Å². The van der Waals surface area contributed by atoms with Gasteiger partial charge in [0, 0.05) is 25.1 Å². The van der Waals surface area contributed by atoms with Gasteiger partial charge in [-0.05, 0) is 30.7 Å². The number of aryl methyl sites for hydroxylation is 1. The summed E-state index contributed by atoms with van der Waals surface area (Å²) >= 11 is 0. The number of aromatic nitrogens is 2. The number of unbranched alkanes of at least 4 members (excludes halogenated alkanes) is 7. The third kappa shape index (κ3) is 11.2. The quantitative estimate of drug-likeness (QED) is 0.181. The van der Waals surface area contributed by atoms with Crippen molar-refractivity contribution in [2.24, 2.45) is 11.7 Å². The van der Waals surface area contributed by atoms with E-state index in [1.165, 1.54) is 56.9 Å². The third-order valence-electron chi connectivity index (χ3n) is 6.33. The number of carboxylic acid groups (broad SMARTS) is 1. The summed E-state index contributed by atoms with van der Waals surface area (Å²) in [5.41, 5.74) is 7.95. The number of carboxylic acids is 1. The summed E-state index contributed by atoms with van der Waals surface area (Å²) in [6.07, 6.45) is 8.62. The van der Waals surface area contributed by atoms with Crippen LogP contribution in [0.4, 0.5) is 13.2 Å². The average Bonchev–Trinajstić information content (AvgIpc) is 3.51. The van der Waals surface area contributed by atoms with Gasteiger partial charge in [-0.1, -0.05) is 81.3 Å². The minimum absolute atomic E-state index is 0.149. The van der Waals surface area contributed by atoms with Crippen LogP contribution >= 0.6 is 0 Å². The van der Waals surface area contributed by atoms with E-state index in [0.717, 1.165) is 37.9 Å². The van der Waals surface area contributed by atoms with E-state index in [2.05, 4.69) is 41.3 Å². The number of rotatable bonds is 12. The molecule has 1 aromatic heterocycles. The Labute approximate surface area is 215 Å². The number of hydrogen-bond acceptors (Lipinski definition) is 5. The number of nitrogens with one attached hydrogen (secondary N) is 1. The van der Waals surface area contributed by atoms with Crippen LogP contribution in [0.5, 0.6) is 0 Å². The zero-order valence-corrected chi connectivity index (χ0v) is 21.4. The lowest BCUT2D eigenvalue weighted by Crippen LogP contribution is -2.34. The first-order valence-electron chi connectivity index (χ1n) is 12.9. The number of nitrogens with two attached hydrogens (primary N) is 1. The average molecular weight is 526 g/mol. The number of aliphatic carboxylic acids is 1. The molecule has 1 atom stereocenters. The molecular weight excluding hydrogens is 487 g/mol. The number of hydrogen-bond donors (Lipinski definition) is 3. The molecule has 2 heterocycles. The van der Waals surface area contributed by atoms with Crippen molar-refractivity contribution in [3.63, 3.8) is 0 Å². The highest BCUT2D eigenvalue weighted by Gasteiger charge is 2.38. The van der Waals surface area contributed by atoms with E-state index in [-0.39, 0.29) is 5.96 Å². The summed E-state index contributed by atoms with van der Waals surface area (Å²) in [5, 5.41) is 18.8. The minimum atomic E-state index is -5.08. The van der Waals surface area contributed by atoms with Crippen LogP contribution in [0.3, 0.4) is 0 Å². The molecule has 0 bridgehead atoms. The number of benzene rings is 1. The molecule has 0 radical (unpaired) electrons. The number of likely N-dealkylation sites (tertiary alicyclic amines) is 1. The molecule has 0 amide bonds. The van der Waals surface area contributed by atoms with Crippen LogP contribution in [-0.2, 0) is 17.6 Å². The van der Waals surface area contributed by atoms with Gasteiger partial charge in [0.1, 0.15) is 0 Å². The van der Waals surface area contributed by atoms with Crippen LogP contribution in [0.1, 0.15) is 76.2 Å². The van der Waals surface area contributed by atoms with Gasteiger partial charge < -0.3 is 20.3 Å². The molecule has 1 aromatic carbocycles. The van der Waals surface area contributed by atoms with E-state index in [1.807, 2.05) is 4.90 Å². The predicted octanol–water partition coefficient (Wildman–Crippen LogP) is 5.81. The summed E-state index contributed by atoms with van der Waals surface area (Å²) in [7, 11) is 0. The second-order valence-electron chi connectivity index (χ2n) is 9.43. The summed E-state index contributed by atoms with van der Waals surface area (Å²) in [4.78, 5) is 15.4. The lowest BCUT2D eigenvalue weighted by atomic mass is 10.0. The fraction of sp³-hybridized carbons (Fsp3) is 0.615. The fourth-order valence-electron chi connectivity index (χ4n) is 4.20. The normalized spacial score (nSPS) is 15.4. The fourth-order valence-corrected chi connectivity index (χ4v) is 4.20. The zero-order valence-electron chi connectivity index (χ0n) is 21.4. The Balaban J connectivity index is 0.000000604. The molecule has 37 heavy (non-hydrogen) atoms. The number of guanidine groups is 1. The van der Waals surface area contributed by atoms with Gasteiger partial charge >= 0.3 is 12.1 Å². The van der Waals surface area contributed by atoms with Gasteiger partial charge in [0.2, 0.25) is 11.7 Å². The second kappa shape index (κ2) is 15.2. The molecule has 0 spiro atoms. The van der Waals surface area contributed by atoms with Crippen LogP contribution in [0.15, 0.2) is 28.8 Å². The molecule has 0 unspecified atom stereocenters. The maximum atomic E-state index is 10.6. The van der Waals surface area contributed by atoms with Gasteiger partial charge in [0.15, 0.2) is 5.96 Å². The molecule has 2 aromatic rings. The first-order valence-corrected chi connectivity index (χ1v) is 12.9. The molecule has 0 aliphatic carbocycles. The predicted molar refractivity (Wildman–Crippen MR) is 135 cm³/mol. The maximum Gasteiger partial charge on any atom is 0.490 e. The van der Waals surface area contributed by atoms with Crippen LogP contribution in [0.2, 0.25) is 0 Å². The van der Waals surface area contributed by atoms with Gasteiger partial charge in [0.05, 0.1) is 0 Å². The van der Waals surface area contributed by atoms with Gasteiger partial charge in [-0.15, -0.1) is 0 Å². The topological polar surface area (TPSA) is 129 Å². The molecule has 1 fully saturated rings. The summed E-state index contributed by atoms with van der Waals surface area (Å²) in [5.74, 6) is -0.868. The van der Waals surface area contributed by atoms with Gasteiger partial charge in [-0.25, -0.2) is 4.79 Å². The Morgan fingerprint density at radius 3 is 2.27 bits per heavy atom. The van der Waals surface area contributed by atoms with Crippen molar-refractivity contribution in [1.29, 1.82) is 5.41 Å². The third-order valence-corrected chi connectivity index (χ3v) is 6.33. The molecular formula is C26H38F3N5O3. The largest absolute Gasteiger partial charge is 0.490 e. The molecule has 1 aliphatic rings. The number of alkyl halides is 3. The molecule has 0 saturated carbocycles. The van der Waals surface area contributed by atoms with Crippen molar-refractivity contribution in [2.45, 2.75) is 83.7 Å². The Hall–Kier alpha value is -3.11. The molecule has 1 aliphatic heterocycles. The van der Waals surface area contributed by atoms with E-state index in [9.17, 15) is 13.2 Å². The van der Waals surface area contributed by atoms with Crippen molar-refractivity contribution in [1.82, 2.24) is 15.0 Å². The van der Waals surface area contributed by atoms with Crippen molar-refractivity contribution in [3.8, 4) is 11.4 Å². The molecule has 4 N–H and O–H groups in total. The lowest BCUT2D eigenvalue weighted by Gasteiger charge is -2.14. The highest BCUT2D eigenvalue weighted by atomic mass is 19.4. The summed E-state index contributed by atoms with van der Waals surface area (Å²) < 4.78 is 37.2. The second-order valence-corrected chi connectivity index (χ2v) is 9.43. The first-order chi connectivity index (χ1) is 17.6. The lowest BCUT2D eigenvalue weighted by molar-refractivity contribution is -0.192. The van der Waals surface area contributed by atoms with Crippen molar-refractivity contribution in [3.05, 3.63) is 35.7 Å². The highest BCUT2D eigenvalue weighted by Crippen LogP contribution is 2.22. The Kier molecular flexibility index (Phi) is 12.4. The smallest absolute Gasteiger partial charge is 0.475 e. The number of carbonyl (C=O) groups is 1. The van der Waals surface area contributed by atoms with Crippen molar-refractivity contribution < 1.29 is 27.6 Å². The maximum absolute atomic E-state index is 10.6. The van der Waals surface area contributed by atoms with Crippen LogP contribution < -0.4 is 5.73 Å². The van der Waals surface area contributed by atoms with Crippen LogP contribution in [0.25, 0.3) is 11.4 Å². The first kappa shape index (κ1) is 30.1. The Morgan fingerprint density at radius 2 is 1.73 bits per heavy atom. The minimum Gasteiger partial charge on any atom is -0.475 e. The van der Waals surface area contributed by atoms with Crippen LogP contribution in [-0.4, -0.2) is 51.3 Å². The zero-order chi connectivity index (χ0) is 27.3. The monoisotopic (exact) mass is 525 g/mol. The molecule has 206 valence electrons. The van der Waals surface area contributed by atoms with Gasteiger partial charge in [-0.3, -0.25) is 5.41 Å². The standard InChI is InChI=1S/C24H37N5O.C2HF3O2/c1-2-3-4-5-6-7-8-9-10-19-11-13-21(14-12-19)23-27-22(30-28-23)17-20-15-16-29(18-20)24(25)26;3-2(4,5)1(6)7/h11-14,20H,2-10,15-18H2,1H3,(H3,25,26);(H,6,7)/t20-;/m0./s1. The number of nitrogens with zero attached hydrogens (tertiary/aromatic N) is 3. The van der Waals surface area contributed by atoms with Crippen LogP contribution in [0, 0.1) is 11.3 Å². The molecule has 1 saturated heterocycles. The van der Waals surface area contributed by atoms with E-state index in [1.54, 1.807) is 0 Å². The van der Waals surface area contributed by atoms with E-state index >= 15 is 0 Å². The Morgan fingerprint density at radius 1 is 1.14 bits per heavy atom. The number of halogens is 3. The molecule has 11 heteroatoms. The van der Waals surface area contributed by atoms with E-state index in [4.69, 9.17) is 25.6 Å². The Bertz CT molecular complexity index is 963. The molecule has 3 rings (SSSR count). The highest BCUT2D eigenvalue weighted by molar-refractivity contribution is 5.74. The molecule has 8 nitrogen and oxygen atoms in total.